The topological polar surface area (TPSA) is 16.1 Å². The van der Waals surface area contributed by atoms with E-state index in [1.54, 1.807) is 12.4 Å². The molecule has 1 aromatic rings. The summed E-state index contributed by atoms with van der Waals surface area (Å²) < 4.78 is 0. The smallest absolute Gasteiger partial charge is 0.0822 e. The Balaban J connectivity index is 2.26. The highest BCUT2D eigenvalue weighted by molar-refractivity contribution is 6.33. The summed E-state index contributed by atoms with van der Waals surface area (Å²) in [6.07, 6.45) is 6.05. The summed E-state index contributed by atoms with van der Waals surface area (Å²) in [6.45, 7) is 2.26. The molecule has 1 fully saturated rings. The van der Waals surface area contributed by atoms with Crippen LogP contribution in [-0.2, 0) is 0 Å². The van der Waals surface area contributed by atoms with Crippen LogP contribution in [-0.4, -0.2) is 18.1 Å². The van der Waals surface area contributed by atoms with Crippen molar-refractivity contribution in [2.45, 2.75) is 12.8 Å². The van der Waals surface area contributed by atoms with E-state index in [4.69, 9.17) is 11.6 Å². The number of hydrogen-bond acceptors (Lipinski definition) is 2. The van der Waals surface area contributed by atoms with Gasteiger partial charge in [-0.25, -0.2) is 0 Å². The standard InChI is InChI=1S/C9H11ClN2/c10-8-7-11-4-3-9(8)12-5-1-2-6-12/h3-4,7H,1-2,5-6H2. The molecule has 0 bridgehead atoms. The third-order valence-corrected chi connectivity index (χ3v) is 2.49. The molecule has 12 heavy (non-hydrogen) atoms. The average Bonchev–Trinajstić information content (AvgIpc) is 2.57. The van der Waals surface area contributed by atoms with Gasteiger partial charge >= 0.3 is 0 Å². The molecule has 2 rings (SSSR count). The van der Waals surface area contributed by atoms with Crippen molar-refractivity contribution in [3.05, 3.63) is 23.5 Å². The molecule has 1 saturated heterocycles. The maximum Gasteiger partial charge on any atom is 0.0822 e. The molecule has 0 aliphatic carbocycles. The summed E-state index contributed by atoms with van der Waals surface area (Å²) in [5.74, 6) is 0. The molecule has 0 aromatic carbocycles. The van der Waals surface area contributed by atoms with Gasteiger partial charge < -0.3 is 4.90 Å². The molecule has 0 atom stereocenters. The van der Waals surface area contributed by atoms with Gasteiger partial charge in [-0.3, -0.25) is 4.98 Å². The monoisotopic (exact) mass is 182 g/mol. The quantitative estimate of drug-likeness (QED) is 0.663. The van der Waals surface area contributed by atoms with Crippen LogP contribution < -0.4 is 4.90 Å². The van der Waals surface area contributed by atoms with Crippen molar-refractivity contribution in [3.8, 4) is 0 Å². The lowest BCUT2D eigenvalue weighted by Gasteiger charge is -2.18. The van der Waals surface area contributed by atoms with Crippen molar-refractivity contribution in [1.82, 2.24) is 4.98 Å². The second-order valence-electron chi connectivity index (χ2n) is 3.02. The Hall–Kier alpha value is -0.760. The molecular weight excluding hydrogens is 172 g/mol. The van der Waals surface area contributed by atoms with Crippen LogP contribution >= 0.6 is 11.6 Å². The zero-order valence-corrected chi connectivity index (χ0v) is 7.59. The molecule has 2 nitrogen and oxygen atoms in total. The lowest BCUT2D eigenvalue weighted by Crippen LogP contribution is -2.17. The molecule has 1 aromatic heterocycles. The van der Waals surface area contributed by atoms with E-state index in [9.17, 15) is 0 Å². The van der Waals surface area contributed by atoms with Gasteiger partial charge in [0, 0.05) is 25.5 Å². The van der Waals surface area contributed by atoms with Gasteiger partial charge in [0.25, 0.3) is 0 Å². The van der Waals surface area contributed by atoms with E-state index in [-0.39, 0.29) is 0 Å². The minimum absolute atomic E-state index is 0.763. The van der Waals surface area contributed by atoms with E-state index in [0.29, 0.717) is 0 Å². The van der Waals surface area contributed by atoms with Crippen molar-refractivity contribution < 1.29 is 0 Å². The first-order valence-electron chi connectivity index (χ1n) is 4.22. The predicted octanol–water partition coefficient (Wildman–Crippen LogP) is 2.34. The van der Waals surface area contributed by atoms with Gasteiger partial charge in [0.05, 0.1) is 10.7 Å². The number of aromatic nitrogens is 1. The Morgan fingerprint density at radius 3 is 2.75 bits per heavy atom. The lowest BCUT2D eigenvalue weighted by atomic mass is 10.4. The van der Waals surface area contributed by atoms with Crippen LogP contribution in [0.5, 0.6) is 0 Å². The molecule has 0 unspecified atom stereocenters. The molecule has 1 aliphatic heterocycles. The normalized spacial score (nSPS) is 16.9. The molecule has 1 aliphatic rings. The van der Waals surface area contributed by atoms with Gasteiger partial charge in [-0.05, 0) is 18.9 Å². The zero-order chi connectivity index (χ0) is 8.39. The Morgan fingerprint density at radius 1 is 1.33 bits per heavy atom. The van der Waals surface area contributed by atoms with E-state index >= 15 is 0 Å². The van der Waals surface area contributed by atoms with Crippen molar-refractivity contribution in [2.75, 3.05) is 18.0 Å². The van der Waals surface area contributed by atoms with E-state index < -0.39 is 0 Å². The highest BCUT2D eigenvalue weighted by atomic mass is 35.5. The largest absolute Gasteiger partial charge is 0.370 e. The van der Waals surface area contributed by atoms with E-state index in [0.717, 1.165) is 23.8 Å². The van der Waals surface area contributed by atoms with Crippen LogP contribution in [0, 0.1) is 0 Å². The van der Waals surface area contributed by atoms with Gasteiger partial charge in [0.2, 0.25) is 0 Å². The molecule has 0 amide bonds. The number of hydrogen-bond donors (Lipinski definition) is 0. The van der Waals surface area contributed by atoms with Crippen LogP contribution in [0.25, 0.3) is 0 Å². The molecule has 0 radical (unpaired) electrons. The van der Waals surface area contributed by atoms with E-state index in [1.807, 2.05) is 6.07 Å². The van der Waals surface area contributed by atoms with Crippen LogP contribution in [0.2, 0.25) is 5.02 Å². The summed E-state index contributed by atoms with van der Waals surface area (Å²) in [6, 6.07) is 1.98. The number of halogens is 1. The molecule has 0 N–H and O–H groups in total. The van der Waals surface area contributed by atoms with Crippen molar-refractivity contribution >= 4 is 17.3 Å². The fraction of sp³-hybridized carbons (Fsp3) is 0.444. The maximum atomic E-state index is 6.00. The van der Waals surface area contributed by atoms with Crippen molar-refractivity contribution in [3.63, 3.8) is 0 Å². The molecule has 0 spiro atoms. The SMILES string of the molecule is Clc1cnccc1N1CCCC1. The molecule has 3 heteroatoms. The fourth-order valence-corrected chi connectivity index (χ4v) is 1.82. The zero-order valence-electron chi connectivity index (χ0n) is 6.83. The summed E-state index contributed by atoms with van der Waals surface area (Å²) in [4.78, 5) is 6.27. The second-order valence-corrected chi connectivity index (χ2v) is 3.43. The Labute approximate surface area is 77.2 Å². The second kappa shape index (κ2) is 3.31. The van der Waals surface area contributed by atoms with Crippen LogP contribution in [0.15, 0.2) is 18.5 Å². The third kappa shape index (κ3) is 1.39. The first-order chi connectivity index (χ1) is 5.88. The number of rotatable bonds is 1. The van der Waals surface area contributed by atoms with E-state index in [2.05, 4.69) is 9.88 Å². The fourth-order valence-electron chi connectivity index (χ4n) is 1.58. The Bertz CT molecular complexity index is 269. The summed E-state index contributed by atoms with van der Waals surface area (Å²) in [5.41, 5.74) is 1.13. The molecule has 64 valence electrons. The first-order valence-corrected chi connectivity index (χ1v) is 4.60. The van der Waals surface area contributed by atoms with Gasteiger partial charge in [-0.1, -0.05) is 11.6 Å². The van der Waals surface area contributed by atoms with Gasteiger partial charge in [0.1, 0.15) is 0 Å². The van der Waals surface area contributed by atoms with Gasteiger partial charge in [-0.2, -0.15) is 0 Å². The van der Waals surface area contributed by atoms with Crippen LogP contribution in [0.3, 0.4) is 0 Å². The maximum absolute atomic E-state index is 6.00. The molecule has 0 saturated carbocycles. The number of anilines is 1. The first kappa shape index (κ1) is 7.87. The van der Waals surface area contributed by atoms with Gasteiger partial charge in [-0.15, -0.1) is 0 Å². The lowest BCUT2D eigenvalue weighted by molar-refractivity contribution is 0.949. The Morgan fingerprint density at radius 2 is 2.08 bits per heavy atom. The van der Waals surface area contributed by atoms with Gasteiger partial charge in [0.15, 0.2) is 0 Å². The summed E-state index contributed by atoms with van der Waals surface area (Å²) >= 11 is 6.00. The minimum atomic E-state index is 0.763. The predicted molar refractivity (Wildman–Crippen MR) is 50.7 cm³/mol. The van der Waals surface area contributed by atoms with Crippen molar-refractivity contribution in [2.24, 2.45) is 0 Å². The average molecular weight is 183 g/mol. The van der Waals surface area contributed by atoms with Crippen molar-refractivity contribution in [1.29, 1.82) is 0 Å². The molecule has 2 heterocycles. The highest BCUT2D eigenvalue weighted by Crippen LogP contribution is 2.26. The van der Waals surface area contributed by atoms with Crippen LogP contribution in [0.1, 0.15) is 12.8 Å². The summed E-state index contributed by atoms with van der Waals surface area (Å²) in [7, 11) is 0. The number of nitrogens with zero attached hydrogens (tertiary/aromatic N) is 2. The van der Waals surface area contributed by atoms with E-state index in [1.165, 1.54) is 12.8 Å². The Kier molecular flexibility index (Phi) is 2.17. The highest BCUT2D eigenvalue weighted by Gasteiger charge is 2.14. The third-order valence-electron chi connectivity index (χ3n) is 2.20. The van der Waals surface area contributed by atoms with Crippen LogP contribution in [0.4, 0.5) is 5.69 Å². The summed E-state index contributed by atoms with van der Waals surface area (Å²) in [5, 5.41) is 0.763. The molecular formula is C9H11ClN2. The number of pyridine rings is 1. The minimum Gasteiger partial charge on any atom is -0.370 e.